The highest BCUT2D eigenvalue weighted by atomic mass is 19.1. The molecule has 2 atom stereocenters. The molecule has 0 spiro atoms. The Morgan fingerprint density at radius 2 is 2.33 bits per heavy atom. The van der Waals surface area contributed by atoms with E-state index in [2.05, 4.69) is 4.98 Å². The summed E-state index contributed by atoms with van der Waals surface area (Å²) in [5.41, 5.74) is 4.60. The Balaban J connectivity index is 2.36. The molecule has 1 aliphatic carbocycles. The van der Waals surface area contributed by atoms with Crippen LogP contribution in [0.5, 0.6) is 0 Å². The zero-order valence-corrected chi connectivity index (χ0v) is 8.06. The van der Waals surface area contributed by atoms with Crippen LogP contribution < -0.4 is 11.4 Å². The number of nitrogens with zero attached hydrogens (tertiary/aromatic N) is 2. The zero-order chi connectivity index (χ0) is 11.0. The van der Waals surface area contributed by atoms with Crippen molar-refractivity contribution in [2.75, 3.05) is 5.73 Å². The minimum absolute atomic E-state index is 0.171. The van der Waals surface area contributed by atoms with Gasteiger partial charge < -0.3 is 10.8 Å². The van der Waals surface area contributed by atoms with Crippen molar-refractivity contribution in [1.29, 1.82) is 0 Å². The van der Waals surface area contributed by atoms with E-state index in [9.17, 15) is 14.3 Å². The fourth-order valence-corrected chi connectivity index (χ4v) is 1.91. The van der Waals surface area contributed by atoms with Gasteiger partial charge in [-0.15, -0.1) is 0 Å². The zero-order valence-electron chi connectivity index (χ0n) is 8.06. The third-order valence-electron chi connectivity index (χ3n) is 2.70. The van der Waals surface area contributed by atoms with Crippen molar-refractivity contribution < 1.29 is 9.50 Å². The van der Waals surface area contributed by atoms with Gasteiger partial charge >= 0.3 is 5.69 Å². The first-order chi connectivity index (χ1) is 7.08. The lowest BCUT2D eigenvalue weighted by Gasteiger charge is -2.12. The van der Waals surface area contributed by atoms with Gasteiger partial charge in [-0.1, -0.05) is 0 Å². The number of hydrogen-bond acceptors (Lipinski definition) is 4. The van der Waals surface area contributed by atoms with Crippen LogP contribution in [-0.4, -0.2) is 20.8 Å². The number of aromatic nitrogens is 2. The van der Waals surface area contributed by atoms with Crippen LogP contribution in [0.4, 0.5) is 10.2 Å². The highest BCUT2D eigenvalue weighted by Gasteiger charge is 2.25. The molecule has 15 heavy (non-hydrogen) atoms. The standard InChI is InChI=1S/C9H12FN3O2/c10-7-4-13(9(15)12-8(7)11)5-1-2-6(14)3-5/h4-6,14H,1-3H2,(H2,11,12,15)/t5-,6-/m0/s1. The molecule has 1 saturated carbocycles. The Morgan fingerprint density at radius 3 is 2.93 bits per heavy atom. The summed E-state index contributed by atoms with van der Waals surface area (Å²) < 4.78 is 14.3. The second-order valence-corrected chi connectivity index (χ2v) is 3.78. The van der Waals surface area contributed by atoms with E-state index in [0.717, 1.165) is 6.20 Å². The van der Waals surface area contributed by atoms with Crippen LogP contribution in [0.1, 0.15) is 25.3 Å². The van der Waals surface area contributed by atoms with Gasteiger partial charge in [0.05, 0.1) is 6.10 Å². The average molecular weight is 213 g/mol. The van der Waals surface area contributed by atoms with Crippen molar-refractivity contribution in [2.24, 2.45) is 0 Å². The molecule has 0 radical (unpaired) electrons. The molecule has 1 aromatic heterocycles. The van der Waals surface area contributed by atoms with Crippen LogP contribution in [0, 0.1) is 5.82 Å². The average Bonchev–Trinajstić information content (AvgIpc) is 2.58. The van der Waals surface area contributed by atoms with Crippen molar-refractivity contribution in [3.63, 3.8) is 0 Å². The number of nitrogens with two attached hydrogens (primary N) is 1. The minimum Gasteiger partial charge on any atom is -0.393 e. The molecule has 0 amide bonds. The molecule has 6 heteroatoms. The summed E-state index contributed by atoms with van der Waals surface area (Å²) >= 11 is 0. The molecule has 3 N–H and O–H groups in total. The molecule has 2 rings (SSSR count). The molecule has 1 aromatic rings. The summed E-state index contributed by atoms with van der Waals surface area (Å²) in [5, 5.41) is 9.32. The first kappa shape index (κ1) is 10.1. The maximum atomic E-state index is 13.1. The summed E-state index contributed by atoms with van der Waals surface area (Å²) in [6.45, 7) is 0. The van der Waals surface area contributed by atoms with Gasteiger partial charge in [-0.05, 0) is 19.3 Å². The number of rotatable bonds is 1. The van der Waals surface area contributed by atoms with Gasteiger partial charge in [-0.25, -0.2) is 9.18 Å². The maximum absolute atomic E-state index is 13.1. The lowest BCUT2D eigenvalue weighted by atomic mass is 10.2. The molecule has 0 aromatic carbocycles. The molecular formula is C9H12FN3O2. The smallest absolute Gasteiger partial charge is 0.349 e. The largest absolute Gasteiger partial charge is 0.393 e. The molecule has 0 aliphatic heterocycles. The van der Waals surface area contributed by atoms with Crippen molar-refractivity contribution in [1.82, 2.24) is 9.55 Å². The van der Waals surface area contributed by atoms with Crippen LogP contribution in [-0.2, 0) is 0 Å². The summed E-state index contributed by atoms with van der Waals surface area (Å²) in [4.78, 5) is 14.8. The van der Waals surface area contributed by atoms with E-state index in [1.54, 1.807) is 0 Å². The quantitative estimate of drug-likeness (QED) is 0.690. The second kappa shape index (κ2) is 3.62. The van der Waals surface area contributed by atoms with Gasteiger partial charge in [0.25, 0.3) is 0 Å². The summed E-state index contributed by atoms with van der Waals surface area (Å²) in [6.07, 6.45) is 2.40. The summed E-state index contributed by atoms with van der Waals surface area (Å²) in [5.74, 6) is -1.08. The van der Waals surface area contributed by atoms with Crippen LogP contribution in [0.2, 0.25) is 0 Å². The Bertz CT molecular complexity index is 432. The lowest BCUT2D eigenvalue weighted by Crippen LogP contribution is -2.27. The van der Waals surface area contributed by atoms with Crippen molar-refractivity contribution in [3.8, 4) is 0 Å². The number of nitrogen functional groups attached to an aromatic ring is 1. The van der Waals surface area contributed by atoms with E-state index >= 15 is 0 Å². The van der Waals surface area contributed by atoms with E-state index in [0.29, 0.717) is 19.3 Å². The van der Waals surface area contributed by atoms with E-state index in [1.165, 1.54) is 4.57 Å². The number of halogens is 1. The van der Waals surface area contributed by atoms with E-state index in [4.69, 9.17) is 5.73 Å². The number of hydrogen-bond donors (Lipinski definition) is 2. The molecule has 1 fully saturated rings. The highest BCUT2D eigenvalue weighted by Crippen LogP contribution is 2.28. The van der Waals surface area contributed by atoms with Gasteiger partial charge in [0.15, 0.2) is 11.6 Å². The van der Waals surface area contributed by atoms with Gasteiger partial charge in [0.2, 0.25) is 0 Å². The van der Waals surface area contributed by atoms with Crippen molar-refractivity contribution in [3.05, 3.63) is 22.5 Å². The van der Waals surface area contributed by atoms with Crippen LogP contribution in [0.25, 0.3) is 0 Å². The molecule has 0 saturated heterocycles. The van der Waals surface area contributed by atoms with Gasteiger partial charge in [-0.3, -0.25) is 4.57 Å². The molecule has 0 bridgehead atoms. The molecule has 0 unspecified atom stereocenters. The fourth-order valence-electron chi connectivity index (χ4n) is 1.91. The van der Waals surface area contributed by atoms with E-state index < -0.39 is 17.6 Å². The Morgan fingerprint density at radius 1 is 1.60 bits per heavy atom. The normalized spacial score (nSPS) is 25.7. The van der Waals surface area contributed by atoms with Crippen LogP contribution in [0.3, 0.4) is 0 Å². The van der Waals surface area contributed by atoms with Crippen LogP contribution in [0.15, 0.2) is 11.0 Å². The third-order valence-corrected chi connectivity index (χ3v) is 2.70. The topological polar surface area (TPSA) is 81.1 Å². The molecule has 1 aliphatic rings. The predicted octanol–water partition coefficient (Wildman–Crippen LogP) is 0.0505. The van der Waals surface area contributed by atoms with Gasteiger partial charge in [-0.2, -0.15) is 4.98 Å². The Kier molecular flexibility index (Phi) is 2.44. The van der Waals surface area contributed by atoms with Crippen molar-refractivity contribution >= 4 is 5.82 Å². The monoisotopic (exact) mass is 213 g/mol. The maximum Gasteiger partial charge on any atom is 0.349 e. The molecule has 82 valence electrons. The molecule has 1 heterocycles. The third kappa shape index (κ3) is 1.85. The Labute approximate surface area is 85.4 Å². The highest BCUT2D eigenvalue weighted by molar-refractivity contribution is 5.26. The van der Waals surface area contributed by atoms with Crippen molar-refractivity contribution in [2.45, 2.75) is 31.4 Å². The fraction of sp³-hybridized carbons (Fsp3) is 0.556. The first-order valence-electron chi connectivity index (χ1n) is 4.80. The summed E-state index contributed by atoms with van der Waals surface area (Å²) in [7, 11) is 0. The number of aliphatic hydroxyl groups excluding tert-OH is 1. The minimum atomic E-state index is -0.698. The lowest BCUT2D eigenvalue weighted by molar-refractivity contribution is 0.177. The molecular weight excluding hydrogens is 201 g/mol. The number of anilines is 1. The number of aliphatic hydroxyl groups is 1. The van der Waals surface area contributed by atoms with Gasteiger partial charge in [0, 0.05) is 12.2 Å². The van der Waals surface area contributed by atoms with E-state index in [1.807, 2.05) is 0 Å². The van der Waals surface area contributed by atoms with E-state index in [-0.39, 0.29) is 11.9 Å². The summed E-state index contributed by atoms with van der Waals surface area (Å²) in [6, 6.07) is -0.171. The van der Waals surface area contributed by atoms with Crippen LogP contribution >= 0.6 is 0 Å². The predicted molar refractivity (Wildman–Crippen MR) is 51.8 cm³/mol. The SMILES string of the molecule is Nc1nc(=O)n([C@H]2CC[C@H](O)C2)cc1F. The Hall–Kier alpha value is -1.43. The second-order valence-electron chi connectivity index (χ2n) is 3.78. The first-order valence-corrected chi connectivity index (χ1v) is 4.80. The molecule has 5 nitrogen and oxygen atoms in total. The van der Waals surface area contributed by atoms with Gasteiger partial charge in [0.1, 0.15) is 0 Å².